The van der Waals surface area contributed by atoms with Crippen LogP contribution in [0.15, 0.2) is 15.2 Å². The maximum absolute atomic E-state index is 12.1. The Kier molecular flexibility index (Phi) is 6.02. The highest BCUT2D eigenvalue weighted by molar-refractivity contribution is 9.11. The molecular weight excluding hydrogens is 324 g/mol. The molecule has 0 aliphatic carbocycles. The molecule has 1 amide bonds. The zero-order valence-electron chi connectivity index (χ0n) is 12.1. The Morgan fingerprint density at radius 1 is 1.53 bits per heavy atom. The molecule has 0 aliphatic heterocycles. The topological polar surface area (TPSA) is 46.3 Å². The lowest BCUT2D eigenvalue weighted by molar-refractivity contribution is -0.130. The molecular formula is C14H23BrN2OS. The first-order chi connectivity index (χ1) is 8.67. The SMILES string of the molecule is CN(Cc1csc(Br)c1)C(=O)CC(N)CC(C)(C)C. The van der Waals surface area contributed by atoms with E-state index in [2.05, 4.69) is 42.1 Å². The average molecular weight is 347 g/mol. The van der Waals surface area contributed by atoms with E-state index in [9.17, 15) is 4.79 Å². The van der Waals surface area contributed by atoms with E-state index < -0.39 is 0 Å². The van der Waals surface area contributed by atoms with Crippen molar-refractivity contribution in [3.05, 3.63) is 20.8 Å². The summed E-state index contributed by atoms with van der Waals surface area (Å²) in [4.78, 5) is 13.8. The number of carbonyl (C=O) groups is 1. The summed E-state index contributed by atoms with van der Waals surface area (Å²) >= 11 is 5.06. The molecule has 1 unspecified atom stereocenters. The molecule has 1 rings (SSSR count). The lowest BCUT2D eigenvalue weighted by Crippen LogP contribution is -2.35. The second-order valence-electron chi connectivity index (χ2n) is 6.24. The van der Waals surface area contributed by atoms with Crippen molar-refractivity contribution in [1.82, 2.24) is 4.90 Å². The van der Waals surface area contributed by atoms with Crippen molar-refractivity contribution in [1.29, 1.82) is 0 Å². The number of thiophene rings is 1. The number of nitrogens with zero attached hydrogens (tertiary/aromatic N) is 1. The van der Waals surface area contributed by atoms with Gasteiger partial charge in [-0.1, -0.05) is 20.8 Å². The van der Waals surface area contributed by atoms with E-state index in [0.29, 0.717) is 13.0 Å². The van der Waals surface area contributed by atoms with Crippen LogP contribution in [0.2, 0.25) is 0 Å². The zero-order chi connectivity index (χ0) is 14.6. The van der Waals surface area contributed by atoms with Gasteiger partial charge < -0.3 is 10.6 Å². The summed E-state index contributed by atoms with van der Waals surface area (Å²) < 4.78 is 1.09. The Hall–Kier alpha value is -0.390. The van der Waals surface area contributed by atoms with Crippen LogP contribution >= 0.6 is 27.3 Å². The van der Waals surface area contributed by atoms with Crippen LogP contribution in [-0.2, 0) is 11.3 Å². The van der Waals surface area contributed by atoms with E-state index in [1.54, 1.807) is 16.2 Å². The summed E-state index contributed by atoms with van der Waals surface area (Å²) in [6, 6.07) is 1.98. The second kappa shape index (κ2) is 6.86. The molecule has 0 saturated heterocycles. The Morgan fingerprint density at radius 3 is 2.63 bits per heavy atom. The van der Waals surface area contributed by atoms with Gasteiger partial charge in [0.1, 0.15) is 0 Å². The molecule has 0 saturated carbocycles. The fourth-order valence-electron chi connectivity index (χ4n) is 2.03. The van der Waals surface area contributed by atoms with Crippen LogP contribution in [0.5, 0.6) is 0 Å². The lowest BCUT2D eigenvalue weighted by Gasteiger charge is -2.24. The van der Waals surface area contributed by atoms with Gasteiger partial charge in [0.15, 0.2) is 0 Å². The largest absolute Gasteiger partial charge is 0.341 e. The fourth-order valence-corrected chi connectivity index (χ4v) is 3.23. The summed E-state index contributed by atoms with van der Waals surface area (Å²) in [6.45, 7) is 7.07. The number of carbonyl (C=O) groups excluding carboxylic acids is 1. The smallest absolute Gasteiger partial charge is 0.224 e. The molecule has 0 aromatic carbocycles. The highest BCUT2D eigenvalue weighted by atomic mass is 79.9. The maximum atomic E-state index is 12.1. The Balaban J connectivity index is 2.44. The van der Waals surface area contributed by atoms with Gasteiger partial charge >= 0.3 is 0 Å². The Bertz CT molecular complexity index is 425. The number of hydrogen-bond donors (Lipinski definition) is 1. The van der Waals surface area contributed by atoms with E-state index in [1.807, 2.05) is 13.1 Å². The third-order valence-electron chi connectivity index (χ3n) is 2.78. The minimum absolute atomic E-state index is 0.0656. The summed E-state index contributed by atoms with van der Waals surface area (Å²) in [5.41, 5.74) is 7.36. The molecule has 5 heteroatoms. The summed E-state index contributed by atoms with van der Waals surface area (Å²) in [6.07, 6.45) is 1.27. The number of nitrogens with two attached hydrogens (primary N) is 1. The van der Waals surface area contributed by atoms with Gasteiger partial charge in [-0.15, -0.1) is 11.3 Å². The highest BCUT2D eigenvalue weighted by Gasteiger charge is 2.20. The van der Waals surface area contributed by atoms with Gasteiger partial charge in [-0.2, -0.15) is 0 Å². The molecule has 0 radical (unpaired) electrons. The van der Waals surface area contributed by atoms with Crippen LogP contribution in [0, 0.1) is 5.41 Å². The minimum Gasteiger partial charge on any atom is -0.341 e. The van der Waals surface area contributed by atoms with Crippen molar-refractivity contribution in [3.63, 3.8) is 0 Å². The average Bonchev–Trinajstić information content (AvgIpc) is 2.60. The van der Waals surface area contributed by atoms with E-state index in [-0.39, 0.29) is 17.4 Å². The molecule has 1 atom stereocenters. The quantitative estimate of drug-likeness (QED) is 0.884. The monoisotopic (exact) mass is 346 g/mol. The molecule has 2 N–H and O–H groups in total. The first-order valence-corrected chi connectivity index (χ1v) is 8.07. The number of halogens is 1. The van der Waals surface area contributed by atoms with Gasteiger partial charge in [0, 0.05) is 26.1 Å². The predicted molar refractivity (Wildman–Crippen MR) is 85.2 cm³/mol. The molecule has 0 bridgehead atoms. The van der Waals surface area contributed by atoms with E-state index in [4.69, 9.17) is 5.73 Å². The third-order valence-corrected chi connectivity index (χ3v) is 4.33. The Labute approximate surface area is 128 Å². The van der Waals surface area contributed by atoms with Crippen LogP contribution in [0.4, 0.5) is 0 Å². The minimum atomic E-state index is -0.0656. The summed E-state index contributed by atoms with van der Waals surface area (Å²) in [5, 5.41) is 2.06. The van der Waals surface area contributed by atoms with Gasteiger partial charge in [-0.3, -0.25) is 4.79 Å². The summed E-state index contributed by atoms with van der Waals surface area (Å²) in [7, 11) is 1.83. The maximum Gasteiger partial charge on any atom is 0.224 e. The van der Waals surface area contributed by atoms with Crippen molar-refractivity contribution >= 4 is 33.2 Å². The molecule has 0 aliphatic rings. The van der Waals surface area contributed by atoms with Gasteiger partial charge in [-0.25, -0.2) is 0 Å². The van der Waals surface area contributed by atoms with Gasteiger partial charge in [-0.05, 0) is 44.8 Å². The molecule has 108 valence electrons. The van der Waals surface area contributed by atoms with Crippen LogP contribution in [0.1, 0.15) is 39.2 Å². The molecule has 19 heavy (non-hydrogen) atoms. The predicted octanol–water partition coefficient (Wildman–Crippen LogP) is 3.62. The normalized spacial score (nSPS) is 13.4. The van der Waals surface area contributed by atoms with Crippen LogP contribution in [0.3, 0.4) is 0 Å². The number of hydrogen-bond acceptors (Lipinski definition) is 3. The third kappa shape index (κ3) is 6.54. The van der Waals surface area contributed by atoms with E-state index in [1.165, 1.54) is 0 Å². The van der Waals surface area contributed by atoms with Crippen molar-refractivity contribution < 1.29 is 4.79 Å². The van der Waals surface area contributed by atoms with Gasteiger partial charge in [0.25, 0.3) is 0 Å². The van der Waals surface area contributed by atoms with Crippen molar-refractivity contribution in [2.24, 2.45) is 11.1 Å². The van der Waals surface area contributed by atoms with Gasteiger partial charge in [0.05, 0.1) is 3.79 Å². The molecule has 3 nitrogen and oxygen atoms in total. The number of amides is 1. The molecule has 0 spiro atoms. The summed E-state index contributed by atoms with van der Waals surface area (Å²) in [5.74, 6) is 0.110. The molecule has 1 aromatic heterocycles. The van der Waals surface area contributed by atoms with Crippen molar-refractivity contribution in [3.8, 4) is 0 Å². The van der Waals surface area contributed by atoms with Crippen molar-refractivity contribution in [2.75, 3.05) is 7.05 Å². The van der Waals surface area contributed by atoms with Crippen LogP contribution in [-0.4, -0.2) is 23.9 Å². The van der Waals surface area contributed by atoms with E-state index >= 15 is 0 Å². The van der Waals surface area contributed by atoms with E-state index in [0.717, 1.165) is 15.8 Å². The fraction of sp³-hybridized carbons (Fsp3) is 0.643. The number of rotatable bonds is 5. The van der Waals surface area contributed by atoms with Crippen LogP contribution in [0.25, 0.3) is 0 Å². The van der Waals surface area contributed by atoms with Crippen LogP contribution < -0.4 is 5.73 Å². The first kappa shape index (κ1) is 16.7. The molecule has 0 fully saturated rings. The highest BCUT2D eigenvalue weighted by Crippen LogP contribution is 2.23. The molecule has 1 aromatic rings. The molecule has 1 heterocycles. The van der Waals surface area contributed by atoms with Crippen molar-refractivity contribution in [2.45, 2.75) is 46.2 Å². The first-order valence-electron chi connectivity index (χ1n) is 6.40. The Morgan fingerprint density at radius 2 is 2.16 bits per heavy atom. The lowest BCUT2D eigenvalue weighted by atomic mass is 9.87. The van der Waals surface area contributed by atoms with Gasteiger partial charge in [0.2, 0.25) is 5.91 Å². The second-order valence-corrected chi connectivity index (χ2v) is 8.53. The standard InChI is InChI=1S/C14H23BrN2OS/c1-14(2,3)7-11(16)6-13(18)17(4)8-10-5-12(15)19-9-10/h5,9,11H,6-8,16H2,1-4H3. The zero-order valence-corrected chi connectivity index (χ0v) is 14.5.